The monoisotopic (exact) mass is 533 g/mol. The molecule has 1 aromatic heterocycles. The molecule has 3 atom stereocenters. The molecule has 0 radical (unpaired) electrons. The second kappa shape index (κ2) is 14.4. The van der Waals surface area contributed by atoms with E-state index in [2.05, 4.69) is 10.4 Å². The maximum atomic E-state index is 13.6. The number of carbonyl (C=O) groups excluding carboxylic acids is 1. The molecule has 0 spiro atoms. The number of hydrogen-bond acceptors (Lipinski definition) is 5. The van der Waals surface area contributed by atoms with Crippen LogP contribution >= 0.6 is 0 Å². The first-order chi connectivity index (χ1) is 17.6. The number of hydrogen-bond donors (Lipinski definition) is 4. The minimum absolute atomic E-state index is 0. The molecule has 2 aromatic carbocycles. The van der Waals surface area contributed by atoms with Gasteiger partial charge in [-0.2, -0.15) is 5.10 Å². The SMILES string of the molecule is CC(C)c1c(C(=O)N[C@@H](C)c2ccccc2)nn(-c2ccc(F)cc2)c1/C=C/[C@H](O)C[C@@H](O)CC(=O)O.[H-].[Na+]. The summed E-state index contributed by atoms with van der Waals surface area (Å²) >= 11 is 0. The van der Waals surface area contributed by atoms with Crippen molar-refractivity contribution in [1.29, 1.82) is 0 Å². The van der Waals surface area contributed by atoms with E-state index in [0.717, 1.165) is 5.56 Å². The van der Waals surface area contributed by atoms with Crippen LogP contribution < -0.4 is 34.9 Å². The van der Waals surface area contributed by atoms with Crippen molar-refractivity contribution in [2.24, 2.45) is 0 Å². The van der Waals surface area contributed by atoms with Crippen molar-refractivity contribution in [3.05, 3.63) is 89.0 Å². The van der Waals surface area contributed by atoms with Gasteiger partial charge in [-0.25, -0.2) is 9.07 Å². The predicted octanol–water partition coefficient (Wildman–Crippen LogP) is 1.34. The van der Waals surface area contributed by atoms with Crippen molar-refractivity contribution in [1.82, 2.24) is 15.1 Å². The molecule has 0 fully saturated rings. The molecule has 0 aliphatic carbocycles. The third-order valence-corrected chi connectivity index (χ3v) is 5.87. The maximum absolute atomic E-state index is 13.6. The largest absolute Gasteiger partial charge is 1.00 e. The molecule has 0 saturated heterocycles. The molecule has 3 aromatic rings. The first-order valence-corrected chi connectivity index (χ1v) is 12.1. The molecule has 198 valence electrons. The van der Waals surface area contributed by atoms with E-state index >= 15 is 0 Å². The fraction of sp³-hybridized carbons (Fsp3) is 0.321. The maximum Gasteiger partial charge on any atom is 1.00 e. The van der Waals surface area contributed by atoms with E-state index in [1.165, 1.54) is 35.0 Å². The van der Waals surface area contributed by atoms with E-state index in [1.807, 2.05) is 51.1 Å². The third kappa shape index (κ3) is 8.34. The minimum atomic E-state index is -1.22. The fourth-order valence-corrected chi connectivity index (χ4v) is 4.05. The summed E-state index contributed by atoms with van der Waals surface area (Å²) in [5.41, 5.74) is 2.77. The number of amides is 1. The fourth-order valence-electron chi connectivity index (χ4n) is 4.05. The molecule has 0 aliphatic heterocycles. The summed E-state index contributed by atoms with van der Waals surface area (Å²) < 4.78 is 15.1. The number of nitrogens with one attached hydrogen (secondary N) is 1. The smallest absolute Gasteiger partial charge is 1.00 e. The number of aliphatic hydroxyl groups excluding tert-OH is 2. The zero-order chi connectivity index (χ0) is 27.1. The summed E-state index contributed by atoms with van der Waals surface area (Å²) in [6.45, 7) is 5.69. The molecular weight excluding hydrogens is 500 g/mol. The van der Waals surface area contributed by atoms with E-state index < -0.39 is 30.4 Å². The quantitative estimate of drug-likeness (QED) is 0.276. The summed E-state index contributed by atoms with van der Waals surface area (Å²) in [6.07, 6.45) is -0.0129. The van der Waals surface area contributed by atoms with Gasteiger partial charge in [0.25, 0.3) is 5.91 Å². The van der Waals surface area contributed by atoms with Crippen molar-refractivity contribution in [3.8, 4) is 5.69 Å². The molecule has 8 nitrogen and oxygen atoms in total. The standard InChI is InChI=1S/C28H32FN3O5.Na.H/c1-17(2)26-24(14-13-22(33)15-23(34)16-25(35)36)32(21-11-9-20(29)10-12-21)31-27(26)28(37)30-18(3)19-7-5-4-6-8-19;;/h4-14,17-18,22-23,33-34H,15-16H2,1-3H3,(H,30,37)(H,35,36);;/q;+1;-1/b14-13+;;/t18-,22-,23+;;/m0../s1. The van der Waals surface area contributed by atoms with Crippen molar-refractivity contribution in [2.75, 3.05) is 0 Å². The average molecular weight is 534 g/mol. The Morgan fingerprint density at radius 1 is 1.08 bits per heavy atom. The number of nitrogens with zero attached hydrogens (tertiary/aromatic N) is 2. The van der Waals surface area contributed by atoms with Gasteiger partial charge in [-0.05, 0) is 48.7 Å². The Morgan fingerprint density at radius 3 is 2.29 bits per heavy atom. The normalized spacial score (nSPS) is 13.7. The molecule has 4 N–H and O–H groups in total. The van der Waals surface area contributed by atoms with Gasteiger partial charge in [0, 0.05) is 12.0 Å². The average Bonchev–Trinajstić information content (AvgIpc) is 3.23. The zero-order valence-electron chi connectivity index (χ0n) is 23.0. The van der Waals surface area contributed by atoms with E-state index in [9.17, 15) is 24.2 Å². The Labute approximate surface area is 245 Å². The first-order valence-electron chi connectivity index (χ1n) is 12.1. The van der Waals surface area contributed by atoms with Crippen molar-refractivity contribution in [3.63, 3.8) is 0 Å². The predicted molar refractivity (Wildman–Crippen MR) is 139 cm³/mol. The third-order valence-electron chi connectivity index (χ3n) is 5.87. The van der Waals surface area contributed by atoms with Gasteiger partial charge in [-0.1, -0.05) is 50.3 Å². The molecule has 1 heterocycles. The first kappa shape index (κ1) is 31.4. The van der Waals surface area contributed by atoms with Gasteiger partial charge < -0.3 is 22.1 Å². The second-order valence-corrected chi connectivity index (χ2v) is 9.21. The second-order valence-electron chi connectivity index (χ2n) is 9.21. The Kier molecular flexibility index (Phi) is 11.9. The van der Waals surface area contributed by atoms with Crippen LogP contribution in [0.3, 0.4) is 0 Å². The molecule has 10 heteroatoms. The Hall–Kier alpha value is -2.82. The Balaban J connectivity index is 0.00000380. The molecule has 38 heavy (non-hydrogen) atoms. The van der Waals surface area contributed by atoms with Crippen LogP contribution in [-0.2, 0) is 4.79 Å². The van der Waals surface area contributed by atoms with E-state index in [-0.39, 0.29) is 61.0 Å². The number of aromatic nitrogens is 2. The van der Waals surface area contributed by atoms with Crippen LogP contribution in [-0.4, -0.2) is 49.2 Å². The van der Waals surface area contributed by atoms with Crippen molar-refractivity contribution < 1.29 is 60.3 Å². The topological polar surface area (TPSA) is 125 Å². The van der Waals surface area contributed by atoms with E-state index in [1.54, 1.807) is 6.08 Å². The molecule has 1 amide bonds. The number of halogens is 1. The summed E-state index contributed by atoms with van der Waals surface area (Å²) in [6, 6.07) is 14.9. The van der Waals surface area contributed by atoms with Crippen LogP contribution in [0.15, 0.2) is 60.7 Å². The molecule has 0 bridgehead atoms. The van der Waals surface area contributed by atoms with Gasteiger partial charge in [0.2, 0.25) is 0 Å². The number of carbonyl (C=O) groups is 2. The van der Waals surface area contributed by atoms with Crippen LogP contribution in [0.4, 0.5) is 4.39 Å². The number of benzene rings is 2. The summed E-state index contributed by atoms with van der Waals surface area (Å²) in [7, 11) is 0. The number of aliphatic hydroxyl groups is 2. The van der Waals surface area contributed by atoms with Crippen LogP contribution in [0.2, 0.25) is 0 Å². The van der Waals surface area contributed by atoms with Gasteiger partial charge in [0.05, 0.1) is 36.1 Å². The number of rotatable bonds is 11. The molecule has 0 saturated carbocycles. The van der Waals surface area contributed by atoms with E-state index in [0.29, 0.717) is 16.9 Å². The minimum Gasteiger partial charge on any atom is -1.00 e. The van der Waals surface area contributed by atoms with Gasteiger partial charge in [-0.15, -0.1) is 0 Å². The van der Waals surface area contributed by atoms with Crippen molar-refractivity contribution >= 4 is 18.0 Å². The Bertz CT molecular complexity index is 1250. The number of aliphatic carboxylic acids is 1. The number of carboxylic acid groups (broad SMARTS) is 1. The van der Waals surface area contributed by atoms with Crippen molar-refractivity contribution in [2.45, 2.75) is 57.8 Å². The van der Waals surface area contributed by atoms with Gasteiger partial charge in [0.15, 0.2) is 5.69 Å². The van der Waals surface area contributed by atoms with Gasteiger partial charge in [-0.3, -0.25) is 9.59 Å². The number of carboxylic acids is 1. The summed E-state index contributed by atoms with van der Waals surface area (Å²) in [5.74, 6) is -2.11. The summed E-state index contributed by atoms with van der Waals surface area (Å²) in [5, 5.41) is 36.6. The van der Waals surface area contributed by atoms with Gasteiger partial charge >= 0.3 is 35.5 Å². The zero-order valence-corrected chi connectivity index (χ0v) is 24.0. The van der Waals surface area contributed by atoms with Gasteiger partial charge in [0.1, 0.15) is 5.82 Å². The van der Waals surface area contributed by atoms with Crippen LogP contribution in [0, 0.1) is 5.82 Å². The van der Waals surface area contributed by atoms with E-state index in [4.69, 9.17) is 5.11 Å². The molecular formula is C28H33FN3NaO5. The van der Waals surface area contributed by atoms with Crippen LogP contribution in [0.1, 0.15) is 74.3 Å². The molecule has 3 rings (SSSR count). The molecule has 0 aliphatic rings. The van der Waals surface area contributed by atoms with Crippen LogP contribution in [0.25, 0.3) is 11.8 Å². The Morgan fingerprint density at radius 2 is 1.71 bits per heavy atom. The molecule has 0 unspecified atom stereocenters. The summed E-state index contributed by atoms with van der Waals surface area (Å²) in [4.78, 5) is 24.2. The van der Waals surface area contributed by atoms with Crippen LogP contribution in [0.5, 0.6) is 0 Å².